The first kappa shape index (κ1) is 15.2. The Kier molecular flexibility index (Phi) is 4.12. The largest absolute Gasteiger partial charge is 0.373 e. The topological polar surface area (TPSA) is 41.6 Å². The van der Waals surface area contributed by atoms with Crippen LogP contribution in [0.1, 0.15) is 42.9 Å². The number of carbonyl (C=O) groups is 1. The minimum absolute atomic E-state index is 0.0588. The number of likely N-dealkylation sites (tertiary alicyclic amines) is 1. The minimum atomic E-state index is -0.0588. The van der Waals surface area contributed by atoms with E-state index in [1.165, 1.54) is 17.5 Å². The number of nitrogens with one attached hydrogen (secondary N) is 1. The van der Waals surface area contributed by atoms with Crippen molar-refractivity contribution in [1.82, 2.24) is 10.2 Å². The second kappa shape index (κ2) is 6.25. The first-order chi connectivity index (χ1) is 11.3. The van der Waals surface area contributed by atoms with E-state index in [1.54, 1.807) is 0 Å². The van der Waals surface area contributed by atoms with Crippen molar-refractivity contribution in [3.63, 3.8) is 0 Å². The van der Waals surface area contributed by atoms with Crippen LogP contribution >= 0.6 is 0 Å². The highest BCUT2D eigenvalue weighted by Gasteiger charge is 2.38. The predicted octanol–water partition coefficient (Wildman–Crippen LogP) is 2.29. The van der Waals surface area contributed by atoms with E-state index < -0.39 is 0 Å². The van der Waals surface area contributed by atoms with Gasteiger partial charge in [0.1, 0.15) is 0 Å². The van der Waals surface area contributed by atoms with Crippen LogP contribution in [-0.4, -0.2) is 43.6 Å². The smallest absolute Gasteiger partial charge is 0.225 e. The molecule has 3 aliphatic rings. The quantitative estimate of drug-likeness (QED) is 0.911. The number of fused-ring (bicyclic) bond motifs is 1. The third-order valence-corrected chi connectivity index (χ3v) is 5.96. The number of rotatable bonds is 2. The number of ether oxygens (including phenoxy) is 1. The number of piperidine rings is 1. The number of amides is 1. The van der Waals surface area contributed by atoms with Gasteiger partial charge < -0.3 is 15.0 Å². The first-order valence-corrected chi connectivity index (χ1v) is 8.94. The van der Waals surface area contributed by atoms with Crippen LogP contribution in [0, 0.1) is 5.41 Å². The molecule has 1 atom stereocenters. The first-order valence-electron chi connectivity index (χ1n) is 8.94. The highest BCUT2D eigenvalue weighted by Crippen LogP contribution is 2.37. The van der Waals surface area contributed by atoms with Crippen LogP contribution in [0.25, 0.3) is 0 Å². The van der Waals surface area contributed by atoms with E-state index >= 15 is 0 Å². The molecule has 4 rings (SSSR count). The summed E-state index contributed by atoms with van der Waals surface area (Å²) in [5.41, 5.74) is 3.01. The fourth-order valence-corrected chi connectivity index (χ4v) is 4.39. The Bertz CT molecular complexity index is 570. The summed E-state index contributed by atoms with van der Waals surface area (Å²) < 4.78 is 5.90. The lowest BCUT2D eigenvalue weighted by Crippen LogP contribution is -2.44. The van der Waals surface area contributed by atoms with Gasteiger partial charge in [0.25, 0.3) is 0 Å². The Morgan fingerprint density at radius 3 is 2.87 bits per heavy atom. The van der Waals surface area contributed by atoms with E-state index in [9.17, 15) is 4.79 Å². The Labute approximate surface area is 138 Å². The second-order valence-corrected chi connectivity index (χ2v) is 7.32. The zero-order chi connectivity index (χ0) is 15.7. The van der Waals surface area contributed by atoms with Crippen LogP contribution in [0.3, 0.4) is 0 Å². The van der Waals surface area contributed by atoms with Crippen molar-refractivity contribution in [3.8, 4) is 0 Å². The predicted molar refractivity (Wildman–Crippen MR) is 89.2 cm³/mol. The molecule has 0 radical (unpaired) electrons. The van der Waals surface area contributed by atoms with E-state index in [1.807, 2.05) is 6.07 Å². The van der Waals surface area contributed by atoms with Gasteiger partial charge in [0.2, 0.25) is 5.91 Å². The summed E-state index contributed by atoms with van der Waals surface area (Å²) in [4.78, 5) is 14.8. The number of carbonyl (C=O) groups excluding carboxylic acids is 1. The Hall–Kier alpha value is -1.39. The monoisotopic (exact) mass is 314 g/mol. The molecule has 1 amide bonds. The maximum atomic E-state index is 12.7. The Morgan fingerprint density at radius 1 is 1.26 bits per heavy atom. The number of benzene rings is 1. The number of nitrogens with zero attached hydrogens (tertiary/aromatic N) is 1. The maximum absolute atomic E-state index is 12.7. The van der Waals surface area contributed by atoms with Gasteiger partial charge in [-0.1, -0.05) is 24.3 Å². The van der Waals surface area contributed by atoms with Crippen LogP contribution in [-0.2, 0) is 16.0 Å². The van der Waals surface area contributed by atoms with Crippen LogP contribution in [0.15, 0.2) is 24.3 Å². The molecule has 3 aliphatic heterocycles. The summed E-state index contributed by atoms with van der Waals surface area (Å²) >= 11 is 0. The molecule has 0 bridgehead atoms. The van der Waals surface area contributed by atoms with Gasteiger partial charge in [-0.15, -0.1) is 0 Å². The molecule has 0 saturated carbocycles. The van der Waals surface area contributed by atoms with Gasteiger partial charge >= 0.3 is 0 Å². The van der Waals surface area contributed by atoms with Crippen molar-refractivity contribution in [1.29, 1.82) is 0 Å². The van der Waals surface area contributed by atoms with E-state index in [4.69, 9.17) is 4.74 Å². The molecule has 3 heterocycles. The summed E-state index contributed by atoms with van der Waals surface area (Å²) in [6, 6.07) is 8.39. The summed E-state index contributed by atoms with van der Waals surface area (Å²) in [6.45, 7) is 4.82. The number of hydrogen-bond donors (Lipinski definition) is 1. The zero-order valence-corrected chi connectivity index (χ0v) is 13.7. The van der Waals surface area contributed by atoms with E-state index in [-0.39, 0.29) is 12.0 Å². The van der Waals surface area contributed by atoms with Crippen molar-refractivity contribution in [2.45, 2.75) is 38.2 Å². The minimum Gasteiger partial charge on any atom is -0.373 e. The van der Waals surface area contributed by atoms with Crippen molar-refractivity contribution >= 4 is 5.91 Å². The summed E-state index contributed by atoms with van der Waals surface area (Å²) in [5.74, 6) is 0.257. The molecule has 4 nitrogen and oxygen atoms in total. The van der Waals surface area contributed by atoms with Gasteiger partial charge in [0.15, 0.2) is 0 Å². The molecule has 23 heavy (non-hydrogen) atoms. The van der Waals surface area contributed by atoms with Gasteiger partial charge in [-0.2, -0.15) is 0 Å². The molecule has 1 spiro atoms. The zero-order valence-electron chi connectivity index (χ0n) is 13.7. The Morgan fingerprint density at radius 2 is 2.09 bits per heavy atom. The SMILES string of the molecule is O=C(CC1OCCc2ccccc21)N1CCC2(CCNC2)CC1. The molecule has 1 N–H and O–H groups in total. The fraction of sp³-hybridized carbons (Fsp3) is 0.632. The van der Waals surface area contributed by atoms with Crippen molar-refractivity contribution < 1.29 is 9.53 Å². The van der Waals surface area contributed by atoms with Gasteiger partial charge in [0.05, 0.1) is 19.1 Å². The highest BCUT2D eigenvalue weighted by molar-refractivity contribution is 5.77. The average Bonchev–Trinajstić information content (AvgIpc) is 3.04. The van der Waals surface area contributed by atoms with Crippen molar-refractivity contribution in [2.24, 2.45) is 5.41 Å². The maximum Gasteiger partial charge on any atom is 0.225 e. The third kappa shape index (κ3) is 3.02. The lowest BCUT2D eigenvalue weighted by Gasteiger charge is -2.39. The van der Waals surface area contributed by atoms with Gasteiger partial charge in [-0.05, 0) is 48.8 Å². The third-order valence-electron chi connectivity index (χ3n) is 5.96. The molecule has 2 fully saturated rings. The molecule has 2 saturated heterocycles. The average molecular weight is 314 g/mol. The van der Waals surface area contributed by atoms with Crippen LogP contribution in [0.4, 0.5) is 0 Å². The molecule has 1 aromatic rings. The van der Waals surface area contributed by atoms with Gasteiger partial charge in [-0.25, -0.2) is 0 Å². The highest BCUT2D eigenvalue weighted by atomic mass is 16.5. The van der Waals surface area contributed by atoms with Crippen molar-refractivity contribution in [2.75, 3.05) is 32.8 Å². The van der Waals surface area contributed by atoms with E-state index in [0.717, 1.165) is 52.0 Å². The van der Waals surface area contributed by atoms with Crippen LogP contribution < -0.4 is 5.32 Å². The van der Waals surface area contributed by atoms with Crippen LogP contribution in [0.5, 0.6) is 0 Å². The molecule has 0 aliphatic carbocycles. The normalized spacial score (nSPS) is 26.3. The van der Waals surface area contributed by atoms with Crippen LogP contribution in [0.2, 0.25) is 0 Å². The molecule has 0 aromatic heterocycles. The van der Waals surface area contributed by atoms with E-state index in [2.05, 4.69) is 28.4 Å². The van der Waals surface area contributed by atoms with Gasteiger partial charge in [0, 0.05) is 19.6 Å². The number of hydrogen-bond acceptors (Lipinski definition) is 3. The second-order valence-electron chi connectivity index (χ2n) is 7.32. The summed E-state index contributed by atoms with van der Waals surface area (Å²) in [7, 11) is 0. The molecular formula is C19H26N2O2. The Balaban J connectivity index is 1.38. The van der Waals surface area contributed by atoms with E-state index in [0.29, 0.717) is 11.8 Å². The lowest BCUT2D eigenvalue weighted by molar-refractivity contribution is -0.136. The standard InChI is InChI=1S/C19H26N2O2/c22-18(21-10-7-19(8-11-21)6-9-20-14-19)13-17-16-4-2-1-3-15(16)5-12-23-17/h1-4,17,20H,5-14H2. The molecule has 4 heteroatoms. The lowest BCUT2D eigenvalue weighted by atomic mass is 9.78. The molecule has 1 unspecified atom stereocenters. The fourth-order valence-electron chi connectivity index (χ4n) is 4.39. The van der Waals surface area contributed by atoms with Gasteiger partial charge in [-0.3, -0.25) is 4.79 Å². The molecule has 1 aromatic carbocycles. The summed E-state index contributed by atoms with van der Waals surface area (Å²) in [5, 5.41) is 3.48. The summed E-state index contributed by atoms with van der Waals surface area (Å²) in [6.07, 6.45) is 4.95. The molecular weight excluding hydrogens is 288 g/mol. The van der Waals surface area contributed by atoms with Crippen molar-refractivity contribution in [3.05, 3.63) is 35.4 Å². The molecule has 124 valence electrons.